The number of fused-ring (bicyclic) bond motifs is 1. The summed E-state index contributed by atoms with van der Waals surface area (Å²) >= 11 is 6.25. The maximum absolute atomic E-state index is 12.1. The average molecular weight is 299 g/mol. The van der Waals surface area contributed by atoms with Gasteiger partial charge in [-0.1, -0.05) is 48.0 Å². The van der Waals surface area contributed by atoms with Crippen molar-refractivity contribution in [2.75, 3.05) is 5.32 Å². The molecule has 1 aliphatic heterocycles. The molecule has 2 aromatic carbocycles. The summed E-state index contributed by atoms with van der Waals surface area (Å²) in [5, 5.41) is 3.40. The van der Waals surface area contributed by atoms with Crippen LogP contribution in [0, 0.1) is 6.92 Å². The Morgan fingerprint density at radius 2 is 1.81 bits per heavy atom. The maximum Gasteiger partial charge on any atom is 0.248 e. The second-order valence-corrected chi connectivity index (χ2v) is 5.53. The van der Waals surface area contributed by atoms with Crippen LogP contribution >= 0.6 is 11.6 Å². The molecule has 3 rings (SSSR count). The molecule has 2 aromatic rings. The molecule has 1 unspecified atom stereocenters. The first kappa shape index (κ1) is 13.8. The van der Waals surface area contributed by atoms with Gasteiger partial charge in [-0.05, 0) is 25.5 Å². The number of aryl methyl sites for hydroxylation is 1. The van der Waals surface area contributed by atoms with Gasteiger partial charge in [-0.3, -0.25) is 9.79 Å². The van der Waals surface area contributed by atoms with Crippen LogP contribution in [0.4, 0.5) is 5.69 Å². The van der Waals surface area contributed by atoms with E-state index >= 15 is 0 Å². The lowest BCUT2D eigenvalue weighted by molar-refractivity contribution is -0.116. The van der Waals surface area contributed by atoms with Crippen molar-refractivity contribution in [3.63, 3.8) is 0 Å². The highest BCUT2D eigenvalue weighted by molar-refractivity contribution is 6.36. The van der Waals surface area contributed by atoms with Crippen LogP contribution in [0.3, 0.4) is 0 Å². The number of carbonyl (C=O) groups excluding carboxylic acids is 1. The number of carbonyl (C=O) groups is 1. The number of benzodiazepines with no additional fused rings is 1. The Labute approximate surface area is 128 Å². The Morgan fingerprint density at radius 3 is 2.57 bits per heavy atom. The largest absolute Gasteiger partial charge is 0.322 e. The molecular weight excluding hydrogens is 284 g/mol. The summed E-state index contributed by atoms with van der Waals surface area (Å²) in [6.07, 6.45) is 0. The first-order valence-corrected chi connectivity index (χ1v) is 7.19. The second-order valence-electron chi connectivity index (χ2n) is 5.12. The number of para-hydroxylation sites is 1. The van der Waals surface area contributed by atoms with Gasteiger partial charge in [0.15, 0.2) is 0 Å². The predicted octanol–water partition coefficient (Wildman–Crippen LogP) is 3.83. The van der Waals surface area contributed by atoms with Crippen molar-refractivity contribution in [3.8, 4) is 0 Å². The zero-order valence-electron chi connectivity index (χ0n) is 11.9. The molecule has 3 nitrogen and oxygen atoms in total. The summed E-state index contributed by atoms with van der Waals surface area (Å²) in [6.45, 7) is 3.82. The minimum Gasteiger partial charge on any atom is -0.322 e. The van der Waals surface area contributed by atoms with Crippen LogP contribution in [-0.4, -0.2) is 17.7 Å². The summed E-state index contributed by atoms with van der Waals surface area (Å²) in [5.74, 6) is -0.145. The van der Waals surface area contributed by atoms with E-state index in [-0.39, 0.29) is 5.91 Å². The number of hydrogen-bond acceptors (Lipinski definition) is 2. The number of halogens is 1. The lowest BCUT2D eigenvalue weighted by Crippen LogP contribution is -2.22. The van der Waals surface area contributed by atoms with E-state index in [0.717, 1.165) is 22.4 Å². The molecule has 0 saturated heterocycles. The van der Waals surface area contributed by atoms with Crippen LogP contribution in [0.25, 0.3) is 0 Å². The van der Waals surface area contributed by atoms with Gasteiger partial charge in [0.25, 0.3) is 0 Å². The van der Waals surface area contributed by atoms with Gasteiger partial charge in [0.2, 0.25) is 5.91 Å². The van der Waals surface area contributed by atoms with Crippen LogP contribution in [0.15, 0.2) is 47.5 Å². The minimum absolute atomic E-state index is 0.145. The fourth-order valence-corrected chi connectivity index (χ4v) is 2.67. The van der Waals surface area contributed by atoms with Crippen molar-refractivity contribution < 1.29 is 4.79 Å². The van der Waals surface area contributed by atoms with Gasteiger partial charge in [0, 0.05) is 11.1 Å². The number of rotatable bonds is 1. The van der Waals surface area contributed by atoms with E-state index < -0.39 is 6.04 Å². The Morgan fingerprint density at radius 1 is 1.10 bits per heavy atom. The number of nitrogens with zero attached hydrogens (tertiary/aromatic N) is 1. The van der Waals surface area contributed by atoms with Crippen LogP contribution in [0.1, 0.15) is 23.6 Å². The van der Waals surface area contributed by atoms with Gasteiger partial charge in [0.1, 0.15) is 6.04 Å². The fourth-order valence-electron chi connectivity index (χ4n) is 2.45. The molecule has 1 N–H and O–H groups in total. The van der Waals surface area contributed by atoms with Gasteiger partial charge in [-0.2, -0.15) is 0 Å². The zero-order chi connectivity index (χ0) is 15.0. The molecule has 0 saturated carbocycles. The number of amides is 1. The summed E-state index contributed by atoms with van der Waals surface area (Å²) < 4.78 is 0. The first-order chi connectivity index (χ1) is 10.1. The Hall–Kier alpha value is -2.13. The molecule has 1 aliphatic rings. The molecule has 0 aliphatic carbocycles. The molecule has 0 spiro atoms. The van der Waals surface area contributed by atoms with Gasteiger partial charge in [-0.15, -0.1) is 0 Å². The van der Waals surface area contributed by atoms with Crippen molar-refractivity contribution in [2.24, 2.45) is 4.99 Å². The number of nitrogens with one attached hydrogen (secondary N) is 1. The molecule has 0 fully saturated rings. The summed E-state index contributed by atoms with van der Waals surface area (Å²) in [5.41, 5.74) is 4.43. The van der Waals surface area contributed by atoms with Gasteiger partial charge in [-0.25, -0.2) is 0 Å². The summed E-state index contributed by atoms with van der Waals surface area (Å²) in [4.78, 5) is 16.7. The highest BCUT2D eigenvalue weighted by Gasteiger charge is 2.24. The number of aliphatic imine (C=N–C) groups is 1. The first-order valence-electron chi connectivity index (χ1n) is 6.81. The SMILES string of the molecule is Cc1ccccc1C1=NC(C)C(=O)Nc2c(Cl)cccc21. The lowest BCUT2D eigenvalue weighted by Gasteiger charge is -2.12. The van der Waals surface area contributed by atoms with E-state index in [9.17, 15) is 4.79 Å². The molecule has 0 aromatic heterocycles. The monoisotopic (exact) mass is 298 g/mol. The van der Waals surface area contributed by atoms with Crippen molar-refractivity contribution in [2.45, 2.75) is 19.9 Å². The van der Waals surface area contributed by atoms with E-state index in [1.807, 2.05) is 43.3 Å². The topological polar surface area (TPSA) is 41.5 Å². The third-order valence-electron chi connectivity index (χ3n) is 3.62. The predicted molar refractivity (Wildman–Crippen MR) is 86.4 cm³/mol. The third kappa shape index (κ3) is 2.45. The molecule has 4 heteroatoms. The molecule has 1 heterocycles. The number of hydrogen-bond donors (Lipinski definition) is 1. The van der Waals surface area contributed by atoms with E-state index in [1.165, 1.54) is 0 Å². The Balaban J connectivity index is 2.28. The molecule has 1 amide bonds. The fraction of sp³-hybridized carbons (Fsp3) is 0.176. The van der Waals surface area contributed by atoms with Gasteiger partial charge in [0.05, 0.1) is 16.4 Å². The summed E-state index contributed by atoms with van der Waals surface area (Å²) in [7, 11) is 0. The Kier molecular flexibility index (Phi) is 3.52. The van der Waals surface area contributed by atoms with Crippen molar-refractivity contribution in [3.05, 3.63) is 64.2 Å². The van der Waals surface area contributed by atoms with E-state index in [4.69, 9.17) is 11.6 Å². The van der Waals surface area contributed by atoms with E-state index in [0.29, 0.717) is 10.7 Å². The lowest BCUT2D eigenvalue weighted by atomic mass is 9.97. The molecule has 21 heavy (non-hydrogen) atoms. The van der Waals surface area contributed by atoms with Crippen molar-refractivity contribution in [1.82, 2.24) is 0 Å². The van der Waals surface area contributed by atoms with E-state index in [2.05, 4.69) is 10.3 Å². The second kappa shape index (κ2) is 5.34. The molecule has 1 atom stereocenters. The van der Waals surface area contributed by atoms with Crippen LogP contribution < -0.4 is 5.32 Å². The highest BCUT2D eigenvalue weighted by atomic mass is 35.5. The van der Waals surface area contributed by atoms with Crippen molar-refractivity contribution >= 4 is 28.9 Å². The Bertz CT molecular complexity index is 752. The zero-order valence-corrected chi connectivity index (χ0v) is 12.6. The van der Waals surface area contributed by atoms with Crippen LogP contribution in [-0.2, 0) is 4.79 Å². The standard InChI is InChI=1S/C17H15ClN2O/c1-10-6-3-4-7-12(10)15-13-8-5-9-14(18)16(13)20-17(21)11(2)19-15/h3-9,11H,1-2H3,(H,20,21). The summed E-state index contributed by atoms with van der Waals surface area (Å²) in [6, 6.07) is 13.1. The number of anilines is 1. The quantitative estimate of drug-likeness (QED) is 0.854. The molecular formula is C17H15ClN2O. The highest BCUT2D eigenvalue weighted by Crippen LogP contribution is 2.31. The normalized spacial score (nSPS) is 17.6. The smallest absolute Gasteiger partial charge is 0.248 e. The van der Waals surface area contributed by atoms with Gasteiger partial charge < -0.3 is 5.32 Å². The minimum atomic E-state index is -0.455. The van der Waals surface area contributed by atoms with Crippen LogP contribution in [0.2, 0.25) is 5.02 Å². The molecule has 106 valence electrons. The third-order valence-corrected chi connectivity index (χ3v) is 3.93. The maximum atomic E-state index is 12.1. The van der Waals surface area contributed by atoms with Crippen LogP contribution in [0.5, 0.6) is 0 Å². The molecule has 0 radical (unpaired) electrons. The van der Waals surface area contributed by atoms with Crippen molar-refractivity contribution in [1.29, 1.82) is 0 Å². The van der Waals surface area contributed by atoms with Gasteiger partial charge >= 0.3 is 0 Å². The number of benzene rings is 2. The van der Waals surface area contributed by atoms with E-state index in [1.54, 1.807) is 13.0 Å². The molecule has 0 bridgehead atoms. The average Bonchev–Trinajstić information content (AvgIpc) is 2.59.